The van der Waals surface area contributed by atoms with E-state index in [9.17, 15) is 4.79 Å². The highest BCUT2D eigenvalue weighted by molar-refractivity contribution is 7.13. The fourth-order valence-corrected chi connectivity index (χ4v) is 5.04. The van der Waals surface area contributed by atoms with Crippen LogP contribution in [0, 0.1) is 0 Å². The van der Waals surface area contributed by atoms with Crippen molar-refractivity contribution in [1.82, 2.24) is 14.7 Å². The Kier molecular flexibility index (Phi) is 6.74. The van der Waals surface area contributed by atoms with Crippen molar-refractivity contribution in [2.24, 2.45) is 0 Å². The van der Waals surface area contributed by atoms with E-state index < -0.39 is 0 Å². The maximum atomic E-state index is 13.7. The predicted octanol–water partition coefficient (Wildman–Crippen LogP) is 4.77. The molecular formula is C27H28N4O2S. The largest absolute Gasteiger partial charge is 0.378 e. The number of nitrogens with zero attached hydrogens (tertiary/aromatic N) is 4. The number of benzene rings is 2. The van der Waals surface area contributed by atoms with E-state index in [1.807, 2.05) is 59.7 Å². The molecule has 0 spiro atoms. The minimum Gasteiger partial charge on any atom is -0.378 e. The zero-order chi connectivity index (χ0) is 23.3. The van der Waals surface area contributed by atoms with Gasteiger partial charge in [-0.3, -0.25) is 9.48 Å². The Morgan fingerprint density at radius 3 is 2.56 bits per heavy atom. The molecule has 0 atom stereocenters. The number of thiophene rings is 1. The summed E-state index contributed by atoms with van der Waals surface area (Å²) in [5, 5.41) is 6.82. The molecule has 34 heavy (non-hydrogen) atoms. The summed E-state index contributed by atoms with van der Waals surface area (Å²) in [5.74, 6) is -0.0282. The van der Waals surface area contributed by atoms with Gasteiger partial charge in [-0.15, -0.1) is 11.3 Å². The number of hydrogen-bond donors (Lipinski definition) is 0. The number of para-hydroxylation sites is 1. The fraction of sp³-hybridized carbons (Fsp3) is 0.259. The third-order valence-corrected chi connectivity index (χ3v) is 6.91. The number of amides is 1. The highest BCUT2D eigenvalue weighted by Gasteiger charge is 2.23. The normalized spacial score (nSPS) is 13.7. The van der Waals surface area contributed by atoms with Gasteiger partial charge < -0.3 is 14.5 Å². The van der Waals surface area contributed by atoms with E-state index in [4.69, 9.17) is 9.84 Å². The second kappa shape index (κ2) is 10.2. The molecule has 1 saturated heterocycles. The molecule has 7 heteroatoms. The topological polar surface area (TPSA) is 50.6 Å². The van der Waals surface area contributed by atoms with Crippen molar-refractivity contribution in [2.45, 2.75) is 13.1 Å². The molecule has 5 rings (SSSR count). The molecule has 174 valence electrons. The number of carbonyl (C=O) groups excluding carboxylic acids is 1. The molecule has 1 aliphatic rings. The van der Waals surface area contributed by atoms with Crippen LogP contribution in [0.3, 0.4) is 0 Å². The SMILES string of the molecule is CN(Cc1ccccc1N1CCOCC1)C(=O)c1cn(Cc2ccccc2)nc1-c1cccs1. The van der Waals surface area contributed by atoms with Gasteiger partial charge >= 0.3 is 0 Å². The molecule has 0 radical (unpaired) electrons. The second-order valence-corrected chi connectivity index (χ2v) is 9.39. The van der Waals surface area contributed by atoms with Crippen molar-refractivity contribution in [2.75, 3.05) is 38.3 Å². The number of morpholine rings is 1. The fourth-order valence-electron chi connectivity index (χ4n) is 4.31. The van der Waals surface area contributed by atoms with E-state index in [-0.39, 0.29) is 5.91 Å². The molecule has 0 bridgehead atoms. The van der Waals surface area contributed by atoms with Gasteiger partial charge in [0.15, 0.2) is 0 Å². The summed E-state index contributed by atoms with van der Waals surface area (Å²) in [5.41, 5.74) is 4.82. The number of rotatable bonds is 7. The van der Waals surface area contributed by atoms with Crippen LogP contribution in [0.1, 0.15) is 21.5 Å². The zero-order valence-electron chi connectivity index (χ0n) is 19.3. The summed E-state index contributed by atoms with van der Waals surface area (Å²) in [6.45, 7) is 4.34. The van der Waals surface area contributed by atoms with Gasteiger partial charge in [-0.1, -0.05) is 54.6 Å². The first-order valence-electron chi connectivity index (χ1n) is 11.5. The van der Waals surface area contributed by atoms with Crippen LogP contribution in [0.5, 0.6) is 0 Å². The maximum Gasteiger partial charge on any atom is 0.257 e. The molecule has 3 heterocycles. The summed E-state index contributed by atoms with van der Waals surface area (Å²) in [6.07, 6.45) is 1.88. The van der Waals surface area contributed by atoms with Gasteiger partial charge in [-0.2, -0.15) is 5.10 Å². The van der Waals surface area contributed by atoms with Gasteiger partial charge in [0.1, 0.15) is 5.69 Å². The molecule has 4 aromatic rings. The molecular weight excluding hydrogens is 444 g/mol. The lowest BCUT2D eigenvalue weighted by atomic mass is 10.1. The van der Waals surface area contributed by atoms with Gasteiger partial charge in [-0.05, 0) is 28.6 Å². The summed E-state index contributed by atoms with van der Waals surface area (Å²) in [7, 11) is 1.87. The third kappa shape index (κ3) is 4.90. The van der Waals surface area contributed by atoms with Crippen molar-refractivity contribution in [1.29, 1.82) is 0 Å². The first-order chi connectivity index (χ1) is 16.7. The highest BCUT2D eigenvalue weighted by atomic mass is 32.1. The lowest BCUT2D eigenvalue weighted by molar-refractivity contribution is 0.0785. The Morgan fingerprint density at radius 2 is 1.79 bits per heavy atom. The van der Waals surface area contributed by atoms with Gasteiger partial charge in [0.05, 0.1) is 30.2 Å². The van der Waals surface area contributed by atoms with Gasteiger partial charge in [-0.25, -0.2) is 0 Å². The first-order valence-corrected chi connectivity index (χ1v) is 12.4. The number of hydrogen-bond acceptors (Lipinski definition) is 5. The molecule has 2 aromatic heterocycles. The van der Waals surface area contributed by atoms with Crippen LogP contribution in [0.2, 0.25) is 0 Å². The number of aromatic nitrogens is 2. The van der Waals surface area contributed by atoms with Crippen LogP contribution in [0.25, 0.3) is 10.6 Å². The highest BCUT2D eigenvalue weighted by Crippen LogP contribution is 2.29. The monoisotopic (exact) mass is 472 g/mol. The standard InChI is InChI=1S/C27H28N4O2S/c1-29(19-22-10-5-6-11-24(22)30-13-15-33-16-14-30)27(32)23-20-31(18-21-8-3-2-4-9-21)28-26(23)25-12-7-17-34-25/h2-12,17,20H,13-16,18-19H2,1H3. The van der Waals surface area contributed by atoms with Gasteiger partial charge in [0, 0.05) is 38.6 Å². The quantitative estimate of drug-likeness (QED) is 0.389. The summed E-state index contributed by atoms with van der Waals surface area (Å²) < 4.78 is 7.39. The Bertz CT molecular complexity index is 1230. The minimum absolute atomic E-state index is 0.0282. The van der Waals surface area contributed by atoms with E-state index in [1.165, 1.54) is 5.69 Å². The van der Waals surface area contributed by atoms with Gasteiger partial charge in [0.25, 0.3) is 5.91 Å². The lowest BCUT2D eigenvalue weighted by Gasteiger charge is -2.31. The van der Waals surface area contributed by atoms with Crippen LogP contribution in [0.4, 0.5) is 5.69 Å². The van der Waals surface area contributed by atoms with Crippen molar-refractivity contribution in [3.63, 3.8) is 0 Å². The smallest absolute Gasteiger partial charge is 0.257 e. The maximum absolute atomic E-state index is 13.7. The average molecular weight is 473 g/mol. The van der Waals surface area contributed by atoms with E-state index >= 15 is 0 Å². The molecule has 0 aliphatic carbocycles. The molecule has 1 aliphatic heterocycles. The molecule has 6 nitrogen and oxygen atoms in total. The summed E-state index contributed by atoms with van der Waals surface area (Å²) >= 11 is 1.60. The van der Waals surface area contributed by atoms with Crippen molar-refractivity contribution < 1.29 is 9.53 Å². The van der Waals surface area contributed by atoms with E-state index in [0.29, 0.717) is 18.7 Å². The number of ether oxygens (including phenoxy) is 1. The first kappa shape index (κ1) is 22.4. The third-order valence-electron chi connectivity index (χ3n) is 6.03. The number of anilines is 1. The summed E-state index contributed by atoms with van der Waals surface area (Å²) in [4.78, 5) is 18.8. The van der Waals surface area contributed by atoms with E-state index in [0.717, 1.165) is 48.0 Å². The van der Waals surface area contributed by atoms with Crippen LogP contribution in [-0.2, 0) is 17.8 Å². The molecule has 0 N–H and O–H groups in total. The predicted molar refractivity (Wildman–Crippen MR) is 136 cm³/mol. The molecule has 2 aromatic carbocycles. The average Bonchev–Trinajstić information content (AvgIpc) is 3.55. The Labute approximate surface area is 204 Å². The van der Waals surface area contributed by atoms with Crippen molar-refractivity contribution >= 4 is 22.9 Å². The Balaban J connectivity index is 1.41. The van der Waals surface area contributed by atoms with Crippen molar-refractivity contribution in [3.8, 4) is 10.6 Å². The summed E-state index contributed by atoms with van der Waals surface area (Å²) in [6, 6.07) is 22.5. The van der Waals surface area contributed by atoms with Crippen LogP contribution < -0.4 is 4.90 Å². The Morgan fingerprint density at radius 1 is 1.03 bits per heavy atom. The van der Waals surface area contributed by atoms with Gasteiger partial charge in [0.2, 0.25) is 0 Å². The molecule has 1 amide bonds. The zero-order valence-corrected chi connectivity index (χ0v) is 20.1. The molecule has 0 unspecified atom stereocenters. The van der Waals surface area contributed by atoms with Crippen molar-refractivity contribution in [3.05, 3.63) is 95.0 Å². The molecule has 1 fully saturated rings. The molecule has 0 saturated carbocycles. The van der Waals surface area contributed by atoms with Crippen LogP contribution in [0.15, 0.2) is 78.3 Å². The van der Waals surface area contributed by atoms with E-state index in [1.54, 1.807) is 16.2 Å². The second-order valence-electron chi connectivity index (χ2n) is 8.44. The Hall–Kier alpha value is -3.42. The minimum atomic E-state index is -0.0282. The van der Waals surface area contributed by atoms with E-state index in [2.05, 4.69) is 35.2 Å². The number of carbonyl (C=O) groups is 1. The van der Waals surface area contributed by atoms with Crippen LogP contribution >= 0.6 is 11.3 Å². The lowest BCUT2D eigenvalue weighted by Crippen LogP contribution is -2.37. The van der Waals surface area contributed by atoms with Crippen LogP contribution in [-0.4, -0.2) is 53.9 Å².